The lowest BCUT2D eigenvalue weighted by atomic mass is 10.2. The highest BCUT2D eigenvalue weighted by molar-refractivity contribution is 5.26. The second-order valence-corrected chi connectivity index (χ2v) is 4.81. The summed E-state index contributed by atoms with van der Waals surface area (Å²) in [4.78, 5) is 0. The highest BCUT2D eigenvalue weighted by Gasteiger charge is 2.14. The van der Waals surface area contributed by atoms with E-state index < -0.39 is 0 Å². The molecule has 0 spiro atoms. The minimum Gasteiger partial charge on any atom is -0.497 e. The molecule has 0 bridgehead atoms. The zero-order chi connectivity index (χ0) is 12.0. The van der Waals surface area contributed by atoms with Crippen LogP contribution in [0.1, 0.15) is 12.0 Å². The predicted molar refractivity (Wildman–Crippen MR) is 67.3 cm³/mol. The molecule has 0 saturated heterocycles. The number of hydrogen-bond donors (Lipinski definition) is 1. The largest absolute Gasteiger partial charge is 0.497 e. The SMILES string of the molecule is COc1ccc(C[N+](C)(C)CCCN)cc1. The lowest BCUT2D eigenvalue weighted by Gasteiger charge is -2.29. The van der Waals surface area contributed by atoms with Crippen LogP contribution in [0.3, 0.4) is 0 Å². The summed E-state index contributed by atoms with van der Waals surface area (Å²) in [7, 11) is 6.16. The van der Waals surface area contributed by atoms with Gasteiger partial charge in [0.2, 0.25) is 0 Å². The van der Waals surface area contributed by atoms with Crippen molar-refractivity contribution in [3.8, 4) is 5.75 Å². The van der Waals surface area contributed by atoms with Gasteiger partial charge in [-0.3, -0.25) is 0 Å². The molecular weight excluding hydrogens is 200 g/mol. The second kappa shape index (κ2) is 5.87. The summed E-state index contributed by atoms with van der Waals surface area (Å²) in [5, 5.41) is 0. The molecule has 0 aliphatic rings. The third-order valence-corrected chi connectivity index (χ3v) is 2.74. The van der Waals surface area contributed by atoms with Crippen LogP contribution in [0.2, 0.25) is 0 Å². The van der Waals surface area contributed by atoms with Gasteiger partial charge in [-0.15, -0.1) is 0 Å². The van der Waals surface area contributed by atoms with Gasteiger partial charge in [-0.05, 0) is 30.8 Å². The number of benzene rings is 1. The molecular formula is C13H23N2O+. The summed E-state index contributed by atoms with van der Waals surface area (Å²) in [5.74, 6) is 0.913. The van der Waals surface area contributed by atoms with E-state index in [4.69, 9.17) is 10.5 Å². The van der Waals surface area contributed by atoms with Gasteiger partial charge in [-0.2, -0.15) is 0 Å². The monoisotopic (exact) mass is 223 g/mol. The molecule has 0 aliphatic heterocycles. The molecule has 0 unspecified atom stereocenters. The summed E-state index contributed by atoms with van der Waals surface area (Å²) in [6.07, 6.45) is 1.07. The van der Waals surface area contributed by atoms with Gasteiger partial charge in [0.15, 0.2) is 0 Å². The molecule has 0 fully saturated rings. The molecule has 2 N–H and O–H groups in total. The van der Waals surface area contributed by atoms with Gasteiger partial charge >= 0.3 is 0 Å². The maximum Gasteiger partial charge on any atom is 0.118 e. The molecule has 0 atom stereocenters. The van der Waals surface area contributed by atoms with Crippen molar-refractivity contribution in [1.29, 1.82) is 0 Å². The smallest absolute Gasteiger partial charge is 0.118 e. The Labute approximate surface area is 98.4 Å². The van der Waals surface area contributed by atoms with Crippen LogP contribution in [-0.2, 0) is 6.54 Å². The first-order chi connectivity index (χ1) is 7.57. The first-order valence-electron chi connectivity index (χ1n) is 5.72. The van der Waals surface area contributed by atoms with Crippen LogP contribution in [0.4, 0.5) is 0 Å². The van der Waals surface area contributed by atoms with E-state index in [1.54, 1.807) is 7.11 Å². The van der Waals surface area contributed by atoms with Gasteiger partial charge in [-0.25, -0.2) is 0 Å². The van der Waals surface area contributed by atoms with E-state index in [0.717, 1.165) is 36.3 Å². The van der Waals surface area contributed by atoms with Crippen LogP contribution in [0.5, 0.6) is 5.75 Å². The number of rotatable bonds is 6. The fourth-order valence-corrected chi connectivity index (χ4v) is 1.82. The molecule has 3 nitrogen and oxygen atoms in total. The van der Waals surface area contributed by atoms with Crippen molar-refractivity contribution in [2.75, 3.05) is 34.3 Å². The van der Waals surface area contributed by atoms with E-state index in [1.165, 1.54) is 5.56 Å². The number of methoxy groups -OCH3 is 1. The van der Waals surface area contributed by atoms with E-state index in [1.807, 2.05) is 12.1 Å². The number of hydrogen-bond acceptors (Lipinski definition) is 2. The molecule has 1 aromatic carbocycles. The quantitative estimate of drug-likeness (QED) is 0.744. The lowest BCUT2D eigenvalue weighted by molar-refractivity contribution is -0.903. The molecule has 0 amide bonds. The first kappa shape index (κ1) is 13.0. The molecule has 16 heavy (non-hydrogen) atoms. The van der Waals surface area contributed by atoms with Crippen LogP contribution >= 0.6 is 0 Å². The van der Waals surface area contributed by atoms with Crippen LogP contribution in [0.15, 0.2) is 24.3 Å². The third-order valence-electron chi connectivity index (χ3n) is 2.74. The second-order valence-electron chi connectivity index (χ2n) is 4.81. The minimum atomic E-state index is 0.768. The molecule has 0 aromatic heterocycles. The van der Waals surface area contributed by atoms with E-state index in [-0.39, 0.29) is 0 Å². The molecule has 0 saturated carbocycles. The Hall–Kier alpha value is -1.06. The molecule has 90 valence electrons. The predicted octanol–water partition coefficient (Wildman–Crippen LogP) is 1.62. The molecule has 0 aliphatic carbocycles. The molecule has 0 heterocycles. The average molecular weight is 223 g/mol. The number of ether oxygens (including phenoxy) is 1. The van der Waals surface area contributed by atoms with Crippen molar-refractivity contribution in [1.82, 2.24) is 0 Å². The summed E-state index contributed by atoms with van der Waals surface area (Å²) in [5.41, 5.74) is 6.88. The van der Waals surface area contributed by atoms with E-state index >= 15 is 0 Å². The van der Waals surface area contributed by atoms with Gasteiger partial charge in [0.25, 0.3) is 0 Å². The molecule has 0 radical (unpaired) electrons. The fraction of sp³-hybridized carbons (Fsp3) is 0.538. The van der Waals surface area contributed by atoms with Crippen molar-refractivity contribution in [2.24, 2.45) is 5.73 Å². The average Bonchev–Trinajstić information content (AvgIpc) is 2.27. The maximum atomic E-state index is 5.54. The summed E-state index contributed by atoms with van der Waals surface area (Å²) < 4.78 is 6.12. The number of nitrogens with zero attached hydrogens (tertiary/aromatic N) is 1. The molecule has 3 heteroatoms. The number of quaternary nitrogens is 1. The normalized spacial score (nSPS) is 11.5. The summed E-state index contributed by atoms with van der Waals surface area (Å²) in [6, 6.07) is 8.28. The van der Waals surface area contributed by atoms with Crippen LogP contribution < -0.4 is 10.5 Å². The Balaban J connectivity index is 2.57. The Morgan fingerprint density at radius 3 is 2.31 bits per heavy atom. The zero-order valence-electron chi connectivity index (χ0n) is 10.6. The van der Waals surface area contributed by atoms with Gasteiger partial charge in [-0.1, -0.05) is 0 Å². The lowest BCUT2D eigenvalue weighted by Crippen LogP contribution is -2.40. The first-order valence-corrected chi connectivity index (χ1v) is 5.72. The van der Waals surface area contributed by atoms with Crippen molar-refractivity contribution in [2.45, 2.75) is 13.0 Å². The van der Waals surface area contributed by atoms with E-state index in [9.17, 15) is 0 Å². The van der Waals surface area contributed by atoms with Gasteiger partial charge in [0.1, 0.15) is 12.3 Å². The molecule has 1 rings (SSSR count). The van der Waals surface area contributed by atoms with Crippen LogP contribution in [0, 0.1) is 0 Å². The van der Waals surface area contributed by atoms with E-state index in [0.29, 0.717) is 0 Å². The minimum absolute atomic E-state index is 0.768. The van der Waals surface area contributed by atoms with Gasteiger partial charge < -0.3 is 15.0 Å². The Kier molecular flexibility index (Phi) is 4.77. The standard InChI is InChI=1S/C13H23N2O/c1-15(2,10-4-9-14)11-12-5-7-13(16-3)8-6-12/h5-8H,4,9-11,14H2,1-3H3/q+1. The topological polar surface area (TPSA) is 35.2 Å². The molecule has 1 aromatic rings. The summed E-state index contributed by atoms with van der Waals surface area (Å²) >= 11 is 0. The summed E-state index contributed by atoms with van der Waals surface area (Å²) in [6.45, 7) is 2.91. The van der Waals surface area contributed by atoms with Crippen molar-refractivity contribution < 1.29 is 9.22 Å². The zero-order valence-corrected chi connectivity index (χ0v) is 10.6. The van der Waals surface area contributed by atoms with Gasteiger partial charge in [0, 0.05) is 12.0 Å². The van der Waals surface area contributed by atoms with Crippen LogP contribution in [0.25, 0.3) is 0 Å². The maximum absolute atomic E-state index is 5.54. The van der Waals surface area contributed by atoms with Gasteiger partial charge in [0.05, 0.1) is 27.7 Å². The highest BCUT2D eigenvalue weighted by Crippen LogP contribution is 2.15. The Morgan fingerprint density at radius 1 is 1.19 bits per heavy atom. The fourth-order valence-electron chi connectivity index (χ4n) is 1.82. The van der Waals surface area contributed by atoms with Crippen molar-refractivity contribution >= 4 is 0 Å². The number of nitrogens with two attached hydrogens (primary N) is 1. The van der Waals surface area contributed by atoms with Crippen molar-refractivity contribution in [3.63, 3.8) is 0 Å². The Morgan fingerprint density at radius 2 is 1.81 bits per heavy atom. The third kappa shape index (κ3) is 4.21. The van der Waals surface area contributed by atoms with Crippen molar-refractivity contribution in [3.05, 3.63) is 29.8 Å². The van der Waals surface area contributed by atoms with Crippen LogP contribution in [-0.4, -0.2) is 38.8 Å². The highest BCUT2D eigenvalue weighted by atomic mass is 16.5. The Bertz CT molecular complexity index is 306. The van der Waals surface area contributed by atoms with E-state index in [2.05, 4.69) is 26.2 Å².